The van der Waals surface area contributed by atoms with Crippen molar-refractivity contribution < 1.29 is 19.4 Å². The van der Waals surface area contributed by atoms with Crippen LogP contribution in [0.4, 0.5) is 5.69 Å². The maximum absolute atomic E-state index is 11.6. The van der Waals surface area contributed by atoms with E-state index in [0.717, 1.165) is 5.75 Å². The first-order chi connectivity index (χ1) is 8.96. The first kappa shape index (κ1) is 15.3. The number of carbonyl (C=O) groups is 1. The Bertz CT molecular complexity index is 416. The zero-order valence-corrected chi connectivity index (χ0v) is 11.8. The smallest absolute Gasteiger partial charge is 0.332 e. The van der Waals surface area contributed by atoms with E-state index in [9.17, 15) is 9.90 Å². The topological polar surface area (TPSA) is 67.8 Å². The van der Waals surface area contributed by atoms with Crippen LogP contribution in [0.2, 0.25) is 0 Å². The number of anilines is 1. The number of carboxylic acids is 1. The fraction of sp³-hybridized carbons (Fsp3) is 0.500. The predicted molar refractivity (Wildman–Crippen MR) is 73.7 cm³/mol. The lowest BCUT2D eigenvalue weighted by atomic mass is 9.86. The monoisotopic (exact) mass is 267 g/mol. The lowest BCUT2D eigenvalue weighted by Crippen LogP contribution is -2.54. The Morgan fingerprint density at radius 2 is 1.89 bits per heavy atom. The van der Waals surface area contributed by atoms with Crippen molar-refractivity contribution in [3.63, 3.8) is 0 Å². The summed E-state index contributed by atoms with van der Waals surface area (Å²) in [5.74, 6) is -0.338. The third-order valence-electron chi connectivity index (χ3n) is 3.20. The molecular formula is C14H21NO4. The molecule has 0 radical (unpaired) electrons. The van der Waals surface area contributed by atoms with Crippen LogP contribution in [0.3, 0.4) is 0 Å². The van der Waals surface area contributed by atoms with E-state index in [1.807, 2.05) is 13.8 Å². The molecule has 1 rings (SSSR count). The molecule has 0 saturated carbocycles. The van der Waals surface area contributed by atoms with Gasteiger partial charge in [-0.15, -0.1) is 0 Å². The van der Waals surface area contributed by atoms with Gasteiger partial charge in [0.2, 0.25) is 0 Å². The van der Waals surface area contributed by atoms with Crippen molar-refractivity contribution in [1.82, 2.24) is 0 Å². The molecule has 1 unspecified atom stereocenters. The van der Waals surface area contributed by atoms with Gasteiger partial charge >= 0.3 is 5.97 Å². The SMILES string of the molecule is COCC(Nc1ccc(OC)cc1)(C(=O)O)C(C)C. The average molecular weight is 267 g/mol. The van der Waals surface area contributed by atoms with E-state index in [4.69, 9.17) is 9.47 Å². The number of rotatable bonds is 7. The molecule has 1 aromatic rings. The third-order valence-corrected chi connectivity index (χ3v) is 3.20. The van der Waals surface area contributed by atoms with Crippen LogP contribution in [0, 0.1) is 5.92 Å². The lowest BCUT2D eigenvalue weighted by Gasteiger charge is -2.34. The fourth-order valence-corrected chi connectivity index (χ4v) is 1.87. The van der Waals surface area contributed by atoms with Crippen LogP contribution in [-0.2, 0) is 9.53 Å². The van der Waals surface area contributed by atoms with E-state index >= 15 is 0 Å². The van der Waals surface area contributed by atoms with E-state index in [1.165, 1.54) is 7.11 Å². The summed E-state index contributed by atoms with van der Waals surface area (Å²) in [5.41, 5.74) is -0.433. The normalized spacial score (nSPS) is 13.9. The number of hydrogen-bond donors (Lipinski definition) is 2. The zero-order chi connectivity index (χ0) is 14.5. The molecule has 0 saturated heterocycles. The molecular weight excluding hydrogens is 246 g/mol. The minimum absolute atomic E-state index is 0.0893. The number of methoxy groups -OCH3 is 2. The van der Waals surface area contributed by atoms with Crippen molar-refractivity contribution in [3.8, 4) is 5.75 Å². The van der Waals surface area contributed by atoms with Gasteiger partial charge in [-0.05, 0) is 30.2 Å². The van der Waals surface area contributed by atoms with Gasteiger partial charge < -0.3 is 19.9 Å². The molecule has 1 atom stereocenters. The minimum atomic E-state index is -1.15. The number of nitrogens with one attached hydrogen (secondary N) is 1. The predicted octanol–water partition coefficient (Wildman–Crippen LogP) is 2.23. The Hall–Kier alpha value is -1.75. The van der Waals surface area contributed by atoms with Crippen LogP contribution in [0.5, 0.6) is 5.75 Å². The maximum atomic E-state index is 11.6. The number of benzene rings is 1. The van der Waals surface area contributed by atoms with Gasteiger partial charge in [0.15, 0.2) is 5.54 Å². The molecule has 2 N–H and O–H groups in total. The average Bonchev–Trinajstić information content (AvgIpc) is 2.38. The zero-order valence-electron chi connectivity index (χ0n) is 11.8. The Morgan fingerprint density at radius 3 is 2.26 bits per heavy atom. The molecule has 106 valence electrons. The van der Waals surface area contributed by atoms with Gasteiger partial charge in [-0.25, -0.2) is 4.79 Å². The number of aliphatic carboxylic acids is 1. The summed E-state index contributed by atoms with van der Waals surface area (Å²) in [7, 11) is 3.08. The largest absolute Gasteiger partial charge is 0.497 e. The van der Waals surface area contributed by atoms with Crippen LogP contribution >= 0.6 is 0 Å². The van der Waals surface area contributed by atoms with Crippen LogP contribution in [0.25, 0.3) is 0 Å². The van der Waals surface area contributed by atoms with Crippen molar-refractivity contribution in [1.29, 1.82) is 0 Å². The molecule has 19 heavy (non-hydrogen) atoms. The van der Waals surface area contributed by atoms with E-state index in [0.29, 0.717) is 5.69 Å². The van der Waals surface area contributed by atoms with Gasteiger partial charge in [-0.1, -0.05) is 13.8 Å². The summed E-state index contributed by atoms with van der Waals surface area (Å²) in [6.45, 7) is 3.79. The highest BCUT2D eigenvalue weighted by molar-refractivity contribution is 5.83. The number of ether oxygens (including phenoxy) is 2. The van der Waals surface area contributed by atoms with Crippen molar-refractivity contribution in [2.24, 2.45) is 5.92 Å². The Labute approximate surface area is 113 Å². The highest BCUT2D eigenvalue weighted by Crippen LogP contribution is 2.25. The molecule has 1 aromatic carbocycles. The van der Waals surface area contributed by atoms with E-state index in [-0.39, 0.29) is 12.5 Å². The molecule has 5 nitrogen and oxygen atoms in total. The molecule has 0 spiro atoms. The maximum Gasteiger partial charge on any atom is 0.332 e. The molecule has 0 fully saturated rings. The van der Waals surface area contributed by atoms with Crippen molar-refractivity contribution in [2.45, 2.75) is 19.4 Å². The Kier molecular flexibility index (Phi) is 5.18. The first-order valence-corrected chi connectivity index (χ1v) is 6.11. The second-order valence-electron chi connectivity index (χ2n) is 4.72. The summed E-state index contributed by atoms with van der Waals surface area (Å²) >= 11 is 0. The van der Waals surface area contributed by atoms with Gasteiger partial charge in [0, 0.05) is 12.8 Å². The highest BCUT2D eigenvalue weighted by atomic mass is 16.5. The van der Waals surface area contributed by atoms with Crippen molar-refractivity contribution in [3.05, 3.63) is 24.3 Å². The lowest BCUT2D eigenvalue weighted by molar-refractivity contribution is -0.146. The van der Waals surface area contributed by atoms with Crippen LogP contribution in [0.15, 0.2) is 24.3 Å². The number of hydrogen-bond acceptors (Lipinski definition) is 4. The Balaban J connectivity index is 3.01. The standard InChI is InChI=1S/C14H21NO4/c1-10(2)14(9-18-3,13(16)17)15-11-5-7-12(19-4)8-6-11/h5-8,10,15H,9H2,1-4H3,(H,16,17). The quantitative estimate of drug-likeness (QED) is 0.793. The second kappa shape index (κ2) is 6.43. The Morgan fingerprint density at radius 1 is 1.32 bits per heavy atom. The summed E-state index contributed by atoms with van der Waals surface area (Å²) < 4.78 is 10.2. The van der Waals surface area contributed by atoms with Gasteiger partial charge in [-0.3, -0.25) is 0 Å². The summed E-state index contributed by atoms with van der Waals surface area (Å²) in [6.07, 6.45) is 0. The fourth-order valence-electron chi connectivity index (χ4n) is 1.87. The van der Waals surface area contributed by atoms with Crippen molar-refractivity contribution >= 4 is 11.7 Å². The van der Waals surface area contributed by atoms with Crippen molar-refractivity contribution in [2.75, 3.05) is 26.1 Å². The summed E-state index contributed by atoms with van der Waals surface area (Å²) in [5, 5.41) is 12.6. The van der Waals surface area contributed by atoms with Crippen LogP contribution in [0.1, 0.15) is 13.8 Å². The molecule has 0 amide bonds. The van der Waals surface area contributed by atoms with Crippen LogP contribution in [-0.4, -0.2) is 37.4 Å². The van der Waals surface area contributed by atoms with E-state index in [1.54, 1.807) is 31.4 Å². The third kappa shape index (κ3) is 3.38. The minimum Gasteiger partial charge on any atom is -0.497 e. The molecule has 0 heterocycles. The van der Waals surface area contributed by atoms with E-state index in [2.05, 4.69) is 5.32 Å². The molecule has 0 aliphatic rings. The molecule has 0 aliphatic heterocycles. The van der Waals surface area contributed by atoms with E-state index < -0.39 is 11.5 Å². The van der Waals surface area contributed by atoms with Gasteiger partial charge in [0.1, 0.15) is 5.75 Å². The molecule has 0 aromatic heterocycles. The molecule has 0 aliphatic carbocycles. The van der Waals surface area contributed by atoms with Crippen LogP contribution < -0.4 is 10.1 Å². The summed E-state index contributed by atoms with van der Waals surface area (Å²) in [4.78, 5) is 11.6. The second-order valence-corrected chi connectivity index (χ2v) is 4.72. The molecule has 0 bridgehead atoms. The van der Waals surface area contributed by atoms with Gasteiger partial charge in [-0.2, -0.15) is 0 Å². The highest BCUT2D eigenvalue weighted by Gasteiger charge is 2.42. The number of carboxylic acid groups (broad SMARTS) is 1. The summed E-state index contributed by atoms with van der Waals surface area (Å²) in [6, 6.07) is 7.13. The molecule has 5 heteroatoms. The first-order valence-electron chi connectivity index (χ1n) is 6.11. The van der Waals surface area contributed by atoms with Gasteiger partial charge in [0.05, 0.1) is 13.7 Å². The van der Waals surface area contributed by atoms with Gasteiger partial charge in [0.25, 0.3) is 0 Å².